The molecule has 0 aliphatic heterocycles. The Hall–Kier alpha value is -1.39. The lowest BCUT2D eigenvalue weighted by Crippen LogP contribution is -2.34. The maximum Gasteiger partial charge on any atom is 0.320 e. The lowest BCUT2D eigenvalue weighted by Gasteiger charge is -2.07. The van der Waals surface area contributed by atoms with Crippen molar-refractivity contribution < 1.29 is 15.0 Å². The number of rotatable bonds is 3. The molecule has 0 saturated carbocycles. The third kappa shape index (κ3) is 6.16. The fourth-order valence-corrected chi connectivity index (χ4v) is 0.869. The molecule has 4 nitrogen and oxygen atoms in total. The number of nitrogens with two attached hydrogens (primary N) is 1. The molecule has 0 aliphatic rings. The zero-order chi connectivity index (χ0) is 12.6. The number of hydrogen-bond donors (Lipinski definition) is 3. The summed E-state index contributed by atoms with van der Waals surface area (Å²) in [5.74, 6) is -0.910. The molecule has 90 valence electrons. The van der Waals surface area contributed by atoms with Gasteiger partial charge in [-0.25, -0.2) is 0 Å². The Bertz CT molecular complexity index is 298. The van der Waals surface area contributed by atoms with E-state index in [9.17, 15) is 4.79 Å². The molecule has 1 aromatic rings. The van der Waals surface area contributed by atoms with E-state index >= 15 is 0 Å². The zero-order valence-electron chi connectivity index (χ0n) is 9.63. The van der Waals surface area contributed by atoms with Crippen molar-refractivity contribution >= 4 is 5.97 Å². The molecule has 0 heterocycles. The molecule has 4 heteroatoms. The van der Waals surface area contributed by atoms with Crippen LogP contribution in [-0.4, -0.2) is 22.2 Å². The number of carboxylic acid groups (broad SMARTS) is 1. The van der Waals surface area contributed by atoms with Gasteiger partial charge < -0.3 is 15.9 Å². The molecule has 0 saturated heterocycles. The van der Waals surface area contributed by atoms with Crippen LogP contribution in [0.15, 0.2) is 30.3 Å². The summed E-state index contributed by atoms with van der Waals surface area (Å²) in [5, 5.41) is 16.8. The molecule has 1 aromatic carbocycles. The number of benzene rings is 1. The second-order valence-corrected chi connectivity index (χ2v) is 3.75. The van der Waals surface area contributed by atoms with Crippen molar-refractivity contribution in [2.45, 2.75) is 26.5 Å². The Balaban J connectivity index is 0.000000281. The van der Waals surface area contributed by atoms with Gasteiger partial charge in [-0.1, -0.05) is 44.2 Å². The third-order valence-corrected chi connectivity index (χ3v) is 2.03. The van der Waals surface area contributed by atoms with Gasteiger partial charge in [0, 0.05) is 0 Å². The van der Waals surface area contributed by atoms with Crippen molar-refractivity contribution in [1.29, 1.82) is 0 Å². The number of aliphatic carboxylic acids is 1. The van der Waals surface area contributed by atoms with E-state index in [1.165, 1.54) is 0 Å². The van der Waals surface area contributed by atoms with E-state index in [-0.39, 0.29) is 12.5 Å². The van der Waals surface area contributed by atoms with Gasteiger partial charge in [-0.15, -0.1) is 0 Å². The molecule has 4 N–H and O–H groups in total. The van der Waals surface area contributed by atoms with Crippen molar-refractivity contribution in [3.63, 3.8) is 0 Å². The average molecular weight is 225 g/mol. The predicted octanol–water partition coefficient (Wildman–Crippen LogP) is 1.23. The van der Waals surface area contributed by atoms with Crippen molar-refractivity contribution in [2.75, 3.05) is 0 Å². The van der Waals surface area contributed by atoms with Gasteiger partial charge in [0.2, 0.25) is 0 Å². The fourth-order valence-electron chi connectivity index (χ4n) is 0.869. The van der Waals surface area contributed by atoms with Crippen LogP contribution in [0.5, 0.6) is 0 Å². The van der Waals surface area contributed by atoms with Crippen LogP contribution < -0.4 is 5.73 Å². The maximum atomic E-state index is 10.0. The molecular weight excluding hydrogens is 206 g/mol. The number of carbonyl (C=O) groups is 1. The first-order chi connectivity index (χ1) is 7.49. The van der Waals surface area contributed by atoms with Gasteiger partial charge in [0.15, 0.2) is 0 Å². The molecule has 1 atom stereocenters. The molecule has 0 amide bonds. The summed E-state index contributed by atoms with van der Waals surface area (Å²) in [5.41, 5.74) is 6.12. The first-order valence-electron chi connectivity index (χ1n) is 5.12. The highest BCUT2D eigenvalue weighted by Crippen LogP contribution is 1.96. The number of hydrogen-bond acceptors (Lipinski definition) is 3. The molecule has 0 aliphatic carbocycles. The van der Waals surface area contributed by atoms with E-state index < -0.39 is 12.0 Å². The highest BCUT2D eigenvalue weighted by Gasteiger charge is 2.14. The maximum absolute atomic E-state index is 10.0. The predicted molar refractivity (Wildman–Crippen MR) is 62.8 cm³/mol. The quantitative estimate of drug-likeness (QED) is 0.722. The Morgan fingerprint density at radius 2 is 1.81 bits per heavy atom. The minimum Gasteiger partial charge on any atom is -0.480 e. The van der Waals surface area contributed by atoms with Crippen LogP contribution in [0.4, 0.5) is 0 Å². The van der Waals surface area contributed by atoms with Crippen molar-refractivity contribution in [2.24, 2.45) is 11.7 Å². The van der Waals surface area contributed by atoms with Crippen LogP contribution in [0.2, 0.25) is 0 Å². The minimum atomic E-state index is -0.931. The van der Waals surface area contributed by atoms with E-state index in [1.54, 1.807) is 13.8 Å². The Morgan fingerprint density at radius 3 is 2.00 bits per heavy atom. The van der Waals surface area contributed by atoms with E-state index in [0.717, 1.165) is 5.56 Å². The largest absolute Gasteiger partial charge is 0.480 e. The SMILES string of the molecule is CC(C)[C@H](N)C(=O)O.OCc1ccccc1. The summed E-state index contributed by atoms with van der Waals surface area (Å²) in [6.45, 7) is 3.69. The normalized spacial score (nSPS) is 11.6. The smallest absolute Gasteiger partial charge is 0.320 e. The Morgan fingerprint density at radius 1 is 1.31 bits per heavy atom. The van der Waals surface area contributed by atoms with Gasteiger partial charge in [0.25, 0.3) is 0 Å². The molecule has 0 bridgehead atoms. The van der Waals surface area contributed by atoms with Gasteiger partial charge in [0.1, 0.15) is 6.04 Å². The lowest BCUT2D eigenvalue weighted by atomic mass is 10.1. The zero-order valence-corrected chi connectivity index (χ0v) is 9.63. The first kappa shape index (κ1) is 14.6. The standard InChI is InChI=1S/C7H8O.C5H11NO2/c8-6-7-4-2-1-3-5-7;1-3(2)4(6)5(7)8/h1-5,8H,6H2;3-4H,6H2,1-2H3,(H,7,8)/t;4-/m.0/s1. The summed E-state index contributed by atoms with van der Waals surface area (Å²) < 4.78 is 0. The monoisotopic (exact) mass is 225 g/mol. The first-order valence-corrected chi connectivity index (χ1v) is 5.12. The molecule has 16 heavy (non-hydrogen) atoms. The van der Waals surface area contributed by atoms with Crippen LogP contribution in [-0.2, 0) is 11.4 Å². The molecule has 0 fully saturated rings. The molecule has 0 aromatic heterocycles. The minimum absolute atomic E-state index is 0.0208. The van der Waals surface area contributed by atoms with Crippen molar-refractivity contribution in [1.82, 2.24) is 0 Å². The molecule has 0 spiro atoms. The van der Waals surface area contributed by atoms with Crippen molar-refractivity contribution in [3.8, 4) is 0 Å². The van der Waals surface area contributed by atoms with Crippen LogP contribution >= 0.6 is 0 Å². The number of aliphatic hydroxyl groups is 1. The second-order valence-electron chi connectivity index (χ2n) is 3.75. The fraction of sp³-hybridized carbons (Fsp3) is 0.417. The van der Waals surface area contributed by atoms with Gasteiger partial charge in [-0.3, -0.25) is 4.79 Å². The summed E-state index contributed by atoms with van der Waals surface area (Å²) in [6.07, 6.45) is 0. The van der Waals surface area contributed by atoms with Gasteiger partial charge in [-0.2, -0.15) is 0 Å². The molecule has 0 unspecified atom stereocenters. The highest BCUT2D eigenvalue weighted by atomic mass is 16.4. The molecule has 0 radical (unpaired) electrons. The van der Waals surface area contributed by atoms with Crippen LogP contribution in [0.25, 0.3) is 0 Å². The van der Waals surface area contributed by atoms with E-state index in [1.807, 2.05) is 30.3 Å². The highest BCUT2D eigenvalue weighted by molar-refractivity contribution is 5.73. The van der Waals surface area contributed by atoms with Crippen LogP contribution in [0.3, 0.4) is 0 Å². The summed E-state index contributed by atoms with van der Waals surface area (Å²) in [7, 11) is 0. The van der Waals surface area contributed by atoms with Gasteiger partial charge >= 0.3 is 5.97 Å². The third-order valence-electron chi connectivity index (χ3n) is 2.03. The van der Waals surface area contributed by atoms with Gasteiger partial charge in [0.05, 0.1) is 6.61 Å². The van der Waals surface area contributed by atoms with Crippen LogP contribution in [0.1, 0.15) is 19.4 Å². The van der Waals surface area contributed by atoms with Crippen LogP contribution in [0, 0.1) is 5.92 Å². The molecular formula is C12H19NO3. The summed E-state index contributed by atoms with van der Waals surface area (Å²) in [6, 6.07) is 8.81. The Labute approximate surface area is 95.7 Å². The summed E-state index contributed by atoms with van der Waals surface area (Å²) in [4.78, 5) is 10.0. The number of aliphatic hydroxyl groups excluding tert-OH is 1. The topological polar surface area (TPSA) is 83.6 Å². The van der Waals surface area contributed by atoms with E-state index in [0.29, 0.717) is 0 Å². The van der Waals surface area contributed by atoms with E-state index in [2.05, 4.69) is 0 Å². The summed E-state index contributed by atoms with van der Waals surface area (Å²) >= 11 is 0. The Kier molecular flexibility index (Phi) is 7.16. The van der Waals surface area contributed by atoms with E-state index in [4.69, 9.17) is 15.9 Å². The second kappa shape index (κ2) is 7.84. The number of carboxylic acids is 1. The lowest BCUT2D eigenvalue weighted by molar-refractivity contribution is -0.139. The molecule has 1 rings (SSSR count). The van der Waals surface area contributed by atoms with Crippen molar-refractivity contribution in [3.05, 3.63) is 35.9 Å². The van der Waals surface area contributed by atoms with Gasteiger partial charge in [-0.05, 0) is 11.5 Å². The average Bonchev–Trinajstić information content (AvgIpc) is 2.29.